The van der Waals surface area contributed by atoms with Crippen LogP contribution >= 0.6 is 15.9 Å². The van der Waals surface area contributed by atoms with Gasteiger partial charge in [0.2, 0.25) is 0 Å². The summed E-state index contributed by atoms with van der Waals surface area (Å²) in [6.45, 7) is 6.35. The number of likely N-dealkylation sites (N-methyl/N-ethyl adjacent to an activating group) is 1. The first-order valence-electron chi connectivity index (χ1n) is 16.2. The minimum absolute atomic E-state index is 0.0274. The summed E-state index contributed by atoms with van der Waals surface area (Å²) in [5, 5.41) is 0. The SMILES string of the molecule is CN(CC(COc1cccc(-c2nc(-c3ccncc3)cc(N(C)C3CCOCC3)n2)c1)OS(=O)(=O)c1ccc(Br)cc1)C(=O)OC(C)(C)C. The first kappa shape index (κ1) is 37.2. The van der Waals surface area contributed by atoms with Gasteiger partial charge in [-0.05, 0) is 82.1 Å². The summed E-state index contributed by atoms with van der Waals surface area (Å²) < 4.78 is 50.1. The largest absolute Gasteiger partial charge is 0.491 e. The maximum absolute atomic E-state index is 13.3. The van der Waals surface area contributed by atoms with E-state index in [1.165, 1.54) is 24.1 Å². The van der Waals surface area contributed by atoms with Crippen LogP contribution in [0.25, 0.3) is 22.6 Å². The molecule has 2 aromatic carbocycles. The third-order valence-electron chi connectivity index (χ3n) is 7.86. The quantitative estimate of drug-likeness (QED) is 0.144. The van der Waals surface area contributed by atoms with Gasteiger partial charge in [-0.15, -0.1) is 0 Å². The van der Waals surface area contributed by atoms with Gasteiger partial charge in [0.05, 0.1) is 17.1 Å². The van der Waals surface area contributed by atoms with Gasteiger partial charge in [0.25, 0.3) is 10.1 Å². The molecular formula is C36H42BrN5O7S. The molecule has 5 rings (SSSR count). The normalized spacial score (nSPS) is 14.5. The lowest BCUT2D eigenvalue weighted by Gasteiger charge is -2.32. The van der Waals surface area contributed by atoms with Crippen molar-refractivity contribution in [2.75, 3.05) is 45.4 Å². The number of carbonyl (C=O) groups excluding carboxylic acids is 1. The zero-order chi connectivity index (χ0) is 35.9. The summed E-state index contributed by atoms with van der Waals surface area (Å²) in [4.78, 5) is 30.2. The molecule has 0 aliphatic carbocycles. The number of hydrogen-bond donors (Lipinski definition) is 0. The number of rotatable bonds is 12. The Bertz CT molecular complexity index is 1850. The molecule has 12 nitrogen and oxygen atoms in total. The molecule has 2 aromatic heterocycles. The lowest BCUT2D eigenvalue weighted by molar-refractivity contribution is 0.0194. The van der Waals surface area contributed by atoms with Gasteiger partial charge in [-0.25, -0.2) is 14.8 Å². The molecule has 14 heteroatoms. The Morgan fingerprint density at radius 3 is 2.36 bits per heavy atom. The Morgan fingerprint density at radius 2 is 1.68 bits per heavy atom. The van der Waals surface area contributed by atoms with Crippen LogP contribution < -0.4 is 9.64 Å². The smallest absolute Gasteiger partial charge is 0.410 e. The number of benzene rings is 2. The molecule has 0 saturated carbocycles. The van der Waals surface area contributed by atoms with Crippen LogP contribution in [0, 0.1) is 0 Å². The van der Waals surface area contributed by atoms with E-state index in [0.29, 0.717) is 30.4 Å². The van der Waals surface area contributed by atoms with Crippen molar-refractivity contribution in [3.05, 3.63) is 83.6 Å². The second-order valence-electron chi connectivity index (χ2n) is 13.0. The van der Waals surface area contributed by atoms with E-state index in [4.69, 9.17) is 28.4 Å². The fourth-order valence-corrected chi connectivity index (χ4v) is 6.57. The van der Waals surface area contributed by atoms with Gasteiger partial charge in [-0.3, -0.25) is 9.17 Å². The molecule has 1 amide bonds. The number of hydrogen-bond acceptors (Lipinski definition) is 11. The number of carbonyl (C=O) groups is 1. The predicted molar refractivity (Wildman–Crippen MR) is 194 cm³/mol. The summed E-state index contributed by atoms with van der Waals surface area (Å²) in [7, 11) is -0.659. The molecule has 3 heterocycles. The standard InChI is InChI=1S/C36H42BrN5O7S/c1-36(2,3)48-35(43)41(4)23-30(49-50(44,45)31-11-9-27(37)10-12-31)24-47-29-8-6-7-26(21-29)34-39-32(25-13-17-38-18-14-25)22-33(40-34)42(5)28-15-19-46-20-16-28/h6-14,17-18,21-22,28,30H,15-16,19-20,23-24H2,1-5H3. The summed E-state index contributed by atoms with van der Waals surface area (Å²) >= 11 is 3.32. The maximum Gasteiger partial charge on any atom is 0.410 e. The lowest BCUT2D eigenvalue weighted by Crippen LogP contribution is -2.42. The lowest BCUT2D eigenvalue weighted by atomic mass is 10.1. The molecule has 0 N–H and O–H groups in total. The van der Waals surface area contributed by atoms with Crippen molar-refractivity contribution in [3.8, 4) is 28.4 Å². The van der Waals surface area contributed by atoms with Gasteiger partial charge >= 0.3 is 6.09 Å². The third kappa shape index (κ3) is 10.2. The van der Waals surface area contributed by atoms with Crippen LogP contribution in [0.1, 0.15) is 33.6 Å². The summed E-state index contributed by atoms with van der Waals surface area (Å²) in [6, 6.07) is 19.4. The zero-order valence-corrected chi connectivity index (χ0v) is 31.2. The molecule has 0 bridgehead atoms. The molecule has 1 fully saturated rings. The van der Waals surface area contributed by atoms with Crippen molar-refractivity contribution in [2.24, 2.45) is 0 Å². The van der Waals surface area contributed by atoms with Gasteiger partial charge < -0.3 is 24.0 Å². The number of aromatic nitrogens is 3. The van der Waals surface area contributed by atoms with E-state index < -0.39 is 27.9 Å². The highest BCUT2D eigenvalue weighted by atomic mass is 79.9. The van der Waals surface area contributed by atoms with Gasteiger partial charge in [-0.2, -0.15) is 8.42 Å². The molecule has 1 unspecified atom stereocenters. The molecule has 4 aromatic rings. The van der Waals surface area contributed by atoms with E-state index in [9.17, 15) is 13.2 Å². The average molecular weight is 769 g/mol. The highest BCUT2D eigenvalue weighted by Gasteiger charge is 2.28. The van der Waals surface area contributed by atoms with E-state index in [1.54, 1.807) is 57.4 Å². The van der Waals surface area contributed by atoms with Crippen molar-refractivity contribution in [1.29, 1.82) is 0 Å². The van der Waals surface area contributed by atoms with E-state index in [2.05, 4.69) is 25.8 Å². The van der Waals surface area contributed by atoms with Gasteiger partial charge in [0, 0.05) is 67.4 Å². The van der Waals surface area contributed by atoms with Crippen LogP contribution in [-0.4, -0.2) is 92.6 Å². The molecule has 50 heavy (non-hydrogen) atoms. The van der Waals surface area contributed by atoms with Crippen molar-refractivity contribution in [2.45, 2.75) is 56.3 Å². The van der Waals surface area contributed by atoms with Crippen LogP contribution in [0.15, 0.2) is 88.5 Å². The Kier molecular flexibility index (Phi) is 12.1. The first-order chi connectivity index (χ1) is 23.8. The van der Waals surface area contributed by atoms with Crippen molar-refractivity contribution < 1.29 is 31.6 Å². The number of halogens is 1. The average Bonchev–Trinajstić information content (AvgIpc) is 3.10. The summed E-state index contributed by atoms with van der Waals surface area (Å²) in [5.74, 6) is 1.71. The molecule has 1 aliphatic heterocycles. The first-order valence-corrected chi connectivity index (χ1v) is 18.4. The predicted octanol–water partition coefficient (Wildman–Crippen LogP) is 6.60. The molecule has 1 saturated heterocycles. The minimum Gasteiger partial charge on any atom is -0.491 e. The van der Waals surface area contributed by atoms with E-state index in [0.717, 1.165) is 34.4 Å². The fourth-order valence-electron chi connectivity index (χ4n) is 5.26. The summed E-state index contributed by atoms with van der Waals surface area (Å²) in [5.41, 5.74) is 1.61. The van der Waals surface area contributed by atoms with Gasteiger partial charge in [-0.1, -0.05) is 28.1 Å². The van der Waals surface area contributed by atoms with Crippen LogP contribution in [0.2, 0.25) is 0 Å². The Hall–Kier alpha value is -4.11. The fraction of sp³-hybridized carbons (Fsp3) is 0.389. The highest BCUT2D eigenvalue weighted by Crippen LogP contribution is 2.30. The molecule has 1 aliphatic rings. The zero-order valence-electron chi connectivity index (χ0n) is 28.8. The molecule has 0 spiro atoms. The number of anilines is 1. The van der Waals surface area contributed by atoms with Crippen LogP contribution in [0.5, 0.6) is 5.75 Å². The highest BCUT2D eigenvalue weighted by molar-refractivity contribution is 9.10. The van der Waals surface area contributed by atoms with Gasteiger partial charge in [0.1, 0.15) is 29.9 Å². The second kappa shape index (κ2) is 16.3. The van der Waals surface area contributed by atoms with E-state index in [-0.39, 0.29) is 24.1 Å². The Morgan fingerprint density at radius 1 is 0.980 bits per heavy atom. The van der Waals surface area contributed by atoms with Crippen LogP contribution in [-0.2, 0) is 23.8 Å². The number of ether oxygens (including phenoxy) is 3. The monoisotopic (exact) mass is 767 g/mol. The van der Waals surface area contributed by atoms with Gasteiger partial charge in [0.15, 0.2) is 5.82 Å². The Labute approximate surface area is 302 Å². The molecular weight excluding hydrogens is 726 g/mol. The molecule has 266 valence electrons. The van der Waals surface area contributed by atoms with Crippen molar-refractivity contribution >= 4 is 38.0 Å². The number of amides is 1. The van der Waals surface area contributed by atoms with Crippen LogP contribution in [0.3, 0.4) is 0 Å². The summed E-state index contributed by atoms with van der Waals surface area (Å²) in [6.07, 6.45) is 3.55. The third-order valence-corrected chi connectivity index (χ3v) is 9.77. The van der Waals surface area contributed by atoms with E-state index in [1.807, 2.05) is 37.4 Å². The Balaban J connectivity index is 1.40. The molecule has 0 radical (unpaired) electrons. The second-order valence-corrected chi connectivity index (χ2v) is 15.4. The minimum atomic E-state index is -4.21. The van der Waals surface area contributed by atoms with E-state index >= 15 is 0 Å². The van der Waals surface area contributed by atoms with Crippen molar-refractivity contribution in [3.63, 3.8) is 0 Å². The van der Waals surface area contributed by atoms with Crippen LogP contribution in [0.4, 0.5) is 10.6 Å². The topological polar surface area (TPSA) is 133 Å². The number of nitrogens with zero attached hydrogens (tertiary/aromatic N) is 5. The number of pyridine rings is 1. The maximum atomic E-state index is 13.3. The van der Waals surface area contributed by atoms with Crippen molar-refractivity contribution in [1.82, 2.24) is 19.9 Å². The molecule has 1 atom stereocenters.